The van der Waals surface area contributed by atoms with Crippen molar-refractivity contribution in [3.05, 3.63) is 30.1 Å². The predicted octanol–water partition coefficient (Wildman–Crippen LogP) is 2.19. The Morgan fingerprint density at radius 1 is 1.36 bits per heavy atom. The summed E-state index contributed by atoms with van der Waals surface area (Å²) in [5.74, 6) is 1.63. The third-order valence-electron chi connectivity index (χ3n) is 4.87. The number of aromatic nitrogens is 2. The Labute approximate surface area is 149 Å². The van der Waals surface area contributed by atoms with E-state index in [0.717, 1.165) is 55.9 Å². The van der Waals surface area contributed by atoms with Crippen molar-refractivity contribution < 1.29 is 4.79 Å². The highest BCUT2D eigenvalue weighted by atomic mass is 16.2. The Hall–Kier alpha value is -2.08. The largest absolute Gasteiger partial charge is 0.338 e. The SMILES string of the molecule is CCn1c(CCNC(=O)N2CC[C@@H](CN(C)C)C2)nc2ccccc21. The fraction of sp³-hybridized carbons (Fsp3) is 0.579. The van der Waals surface area contributed by atoms with E-state index in [9.17, 15) is 4.79 Å². The zero-order valence-corrected chi connectivity index (χ0v) is 15.5. The van der Waals surface area contributed by atoms with Crippen LogP contribution < -0.4 is 5.32 Å². The molecular formula is C19H29N5O. The van der Waals surface area contributed by atoms with Gasteiger partial charge in [-0.05, 0) is 45.5 Å². The molecule has 2 amide bonds. The van der Waals surface area contributed by atoms with Crippen molar-refractivity contribution in [2.45, 2.75) is 26.3 Å². The van der Waals surface area contributed by atoms with Crippen molar-refractivity contribution in [3.63, 3.8) is 0 Å². The molecule has 136 valence electrons. The van der Waals surface area contributed by atoms with Crippen LogP contribution in [0.5, 0.6) is 0 Å². The number of amides is 2. The topological polar surface area (TPSA) is 53.4 Å². The van der Waals surface area contributed by atoms with Gasteiger partial charge in [-0.1, -0.05) is 12.1 Å². The second-order valence-corrected chi connectivity index (χ2v) is 7.11. The lowest BCUT2D eigenvalue weighted by Gasteiger charge is -2.19. The number of urea groups is 1. The Kier molecular flexibility index (Phi) is 5.58. The predicted molar refractivity (Wildman–Crippen MR) is 101 cm³/mol. The number of nitrogens with zero attached hydrogens (tertiary/aromatic N) is 4. The number of hydrogen-bond donors (Lipinski definition) is 1. The molecule has 25 heavy (non-hydrogen) atoms. The first-order valence-corrected chi connectivity index (χ1v) is 9.20. The minimum atomic E-state index is 0.0559. The molecule has 0 radical (unpaired) electrons. The van der Waals surface area contributed by atoms with Crippen LogP contribution in [0, 0.1) is 5.92 Å². The van der Waals surface area contributed by atoms with Crippen molar-refractivity contribution in [1.82, 2.24) is 24.7 Å². The number of imidazole rings is 1. The molecule has 0 saturated carbocycles. The molecule has 1 fully saturated rings. The van der Waals surface area contributed by atoms with Crippen LogP contribution in [0.15, 0.2) is 24.3 Å². The molecule has 1 atom stereocenters. The van der Waals surface area contributed by atoms with Crippen LogP contribution in [0.25, 0.3) is 11.0 Å². The van der Waals surface area contributed by atoms with Gasteiger partial charge in [0.25, 0.3) is 0 Å². The number of likely N-dealkylation sites (tertiary alicyclic amines) is 1. The van der Waals surface area contributed by atoms with Crippen LogP contribution in [0.2, 0.25) is 0 Å². The molecule has 0 aliphatic carbocycles. The van der Waals surface area contributed by atoms with E-state index in [2.05, 4.69) is 41.9 Å². The highest BCUT2D eigenvalue weighted by molar-refractivity contribution is 5.76. The number of carbonyl (C=O) groups is 1. The van der Waals surface area contributed by atoms with Gasteiger partial charge in [0.1, 0.15) is 5.82 Å². The Morgan fingerprint density at radius 2 is 2.16 bits per heavy atom. The standard InChI is InChI=1S/C19H29N5O/c1-4-24-17-8-6-5-7-16(17)21-18(24)9-11-20-19(25)23-12-10-15(14-23)13-22(2)3/h5-8,15H,4,9-14H2,1-3H3,(H,20,25)/t15-/m0/s1. The van der Waals surface area contributed by atoms with Crippen molar-refractivity contribution >= 4 is 17.1 Å². The maximum absolute atomic E-state index is 12.4. The molecule has 6 heteroatoms. The van der Waals surface area contributed by atoms with Crippen LogP contribution in [0.4, 0.5) is 4.79 Å². The smallest absolute Gasteiger partial charge is 0.317 e. The molecule has 2 heterocycles. The van der Waals surface area contributed by atoms with E-state index in [4.69, 9.17) is 4.98 Å². The van der Waals surface area contributed by atoms with Gasteiger partial charge in [0.15, 0.2) is 0 Å². The van der Waals surface area contributed by atoms with Gasteiger partial charge in [-0.15, -0.1) is 0 Å². The van der Waals surface area contributed by atoms with E-state index >= 15 is 0 Å². The number of aryl methyl sites for hydroxylation is 1. The summed E-state index contributed by atoms with van der Waals surface area (Å²) in [6.45, 7) is 6.41. The maximum Gasteiger partial charge on any atom is 0.317 e. The molecular weight excluding hydrogens is 314 g/mol. The van der Waals surface area contributed by atoms with E-state index in [0.29, 0.717) is 12.5 Å². The second kappa shape index (κ2) is 7.87. The van der Waals surface area contributed by atoms with Gasteiger partial charge in [0.05, 0.1) is 11.0 Å². The van der Waals surface area contributed by atoms with E-state index < -0.39 is 0 Å². The summed E-state index contributed by atoms with van der Waals surface area (Å²) < 4.78 is 2.23. The van der Waals surface area contributed by atoms with Crippen LogP contribution >= 0.6 is 0 Å². The van der Waals surface area contributed by atoms with Crippen LogP contribution in [-0.2, 0) is 13.0 Å². The molecule has 2 aromatic rings. The molecule has 0 unspecified atom stereocenters. The summed E-state index contributed by atoms with van der Waals surface area (Å²) in [5.41, 5.74) is 2.19. The molecule has 1 aliphatic rings. The highest BCUT2D eigenvalue weighted by Crippen LogP contribution is 2.17. The third-order valence-corrected chi connectivity index (χ3v) is 4.87. The van der Waals surface area contributed by atoms with E-state index in [1.54, 1.807) is 0 Å². The summed E-state index contributed by atoms with van der Waals surface area (Å²) in [5, 5.41) is 3.06. The van der Waals surface area contributed by atoms with Crippen molar-refractivity contribution in [3.8, 4) is 0 Å². The molecule has 1 saturated heterocycles. The molecule has 1 aromatic carbocycles. The quantitative estimate of drug-likeness (QED) is 0.875. The van der Waals surface area contributed by atoms with Gasteiger partial charge in [0.2, 0.25) is 0 Å². The monoisotopic (exact) mass is 343 g/mol. The number of benzene rings is 1. The highest BCUT2D eigenvalue weighted by Gasteiger charge is 2.26. The molecule has 1 aromatic heterocycles. The van der Waals surface area contributed by atoms with Gasteiger partial charge in [-0.25, -0.2) is 9.78 Å². The van der Waals surface area contributed by atoms with Gasteiger partial charge in [-0.2, -0.15) is 0 Å². The molecule has 6 nitrogen and oxygen atoms in total. The van der Waals surface area contributed by atoms with Crippen LogP contribution in [0.3, 0.4) is 0 Å². The van der Waals surface area contributed by atoms with E-state index in [-0.39, 0.29) is 6.03 Å². The van der Waals surface area contributed by atoms with E-state index in [1.807, 2.05) is 23.1 Å². The van der Waals surface area contributed by atoms with Crippen LogP contribution in [0.1, 0.15) is 19.2 Å². The summed E-state index contributed by atoms with van der Waals surface area (Å²) in [6.07, 6.45) is 1.85. The second-order valence-electron chi connectivity index (χ2n) is 7.11. The summed E-state index contributed by atoms with van der Waals surface area (Å²) >= 11 is 0. The minimum absolute atomic E-state index is 0.0559. The average Bonchev–Trinajstić information content (AvgIpc) is 3.18. The number of carbonyl (C=O) groups excluding carboxylic acids is 1. The zero-order chi connectivity index (χ0) is 17.8. The molecule has 1 N–H and O–H groups in total. The zero-order valence-electron chi connectivity index (χ0n) is 15.5. The third kappa shape index (κ3) is 4.12. The first kappa shape index (κ1) is 17.7. The van der Waals surface area contributed by atoms with Gasteiger partial charge in [-0.3, -0.25) is 0 Å². The molecule has 0 bridgehead atoms. The summed E-state index contributed by atoms with van der Waals surface area (Å²) in [4.78, 5) is 21.2. The molecule has 1 aliphatic heterocycles. The fourth-order valence-electron chi connectivity index (χ4n) is 3.74. The van der Waals surface area contributed by atoms with Gasteiger partial charge in [0, 0.05) is 39.1 Å². The maximum atomic E-state index is 12.4. The number of hydrogen-bond acceptors (Lipinski definition) is 3. The first-order valence-electron chi connectivity index (χ1n) is 9.20. The summed E-state index contributed by atoms with van der Waals surface area (Å²) in [7, 11) is 4.17. The van der Waals surface area contributed by atoms with E-state index in [1.165, 1.54) is 0 Å². The van der Waals surface area contributed by atoms with Crippen LogP contribution in [-0.4, -0.2) is 65.7 Å². The lowest BCUT2D eigenvalue weighted by molar-refractivity contribution is 0.205. The first-order chi connectivity index (χ1) is 12.1. The van der Waals surface area contributed by atoms with Crippen molar-refractivity contribution in [1.29, 1.82) is 0 Å². The number of nitrogens with one attached hydrogen (secondary N) is 1. The Bertz CT molecular complexity index is 724. The lowest BCUT2D eigenvalue weighted by atomic mass is 10.1. The normalized spacial score (nSPS) is 17.6. The fourth-order valence-corrected chi connectivity index (χ4v) is 3.74. The summed E-state index contributed by atoms with van der Waals surface area (Å²) in [6, 6.07) is 8.25. The molecule has 3 rings (SSSR count). The number of rotatable bonds is 6. The number of para-hydroxylation sites is 2. The Morgan fingerprint density at radius 3 is 2.92 bits per heavy atom. The van der Waals surface area contributed by atoms with Crippen molar-refractivity contribution in [2.75, 3.05) is 40.3 Å². The Balaban J connectivity index is 1.52. The minimum Gasteiger partial charge on any atom is -0.338 e. The van der Waals surface area contributed by atoms with Crippen molar-refractivity contribution in [2.24, 2.45) is 5.92 Å². The van der Waals surface area contributed by atoms with Gasteiger partial charge < -0.3 is 19.7 Å². The average molecular weight is 343 g/mol. The molecule has 0 spiro atoms. The number of fused-ring (bicyclic) bond motifs is 1. The van der Waals surface area contributed by atoms with Gasteiger partial charge >= 0.3 is 6.03 Å². The lowest BCUT2D eigenvalue weighted by Crippen LogP contribution is -2.40.